The standard InChI is InChI=1S/C12H13I/c13-12-8-4-7-11(9-12)10-5-2-1-3-6-10/h1-7,11-12H,8-9H2/t11?,12-/m1/s1. The van der Waals surface area contributed by atoms with Crippen LogP contribution in [0, 0.1) is 0 Å². The van der Waals surface area contributed by atoms with Crippen LogP contribution in [-0.2, 0) is 0 Å². The highest BCUT2D eigenvalue weighted by atomic mass is 127. The van der Waals surface area contributed by atoms with Crippen LogP contribution in [-0.4, -0.2) is 3.92 Å². The van der Waals surface area contributed by atoms with Gasteiger partial charge < -0.3 is 0 Å². The second-order valence-corrected chi connectivity index (χ2v) is 5.28. The molecule has 0 aromatic heterocycles. The van der Waals surface area contributed by atoms with E-state index in [1.165, 1.54) is 18.4 Å². The Morgan fingerprint density at radius 1 is 1.15 bits per heavy atom. The van der Waals surface area contributed by atoms with Crippen LogP contribution >= 0.6 is 22.6 Å². The largest absolute Gasteiger partial charge is 0.0869 e. The molecule has 0 amide bonds. The van der Waals surface area contributed by atoms with Gasteiger partial charge in [-0.25, -0.2) is 0 Å². The first-order chi connectivity index (χ1) is 6.36. The van der Waals surface area contributed by atoms with E-state index in [9.17, 15) is 0 Å². The zero-order chi connectivity index (χ0) is 9.10. The highest BCUT2D eigenvalue weighted by molar-refractivity contribution is 14.1. The van der Waals surface area contributed by atoms with Crippen molar-refractivity contribution in [3.05, 3.63) is 48.0 Å². The summed E-state index contributed by atoms with van der Waals surface area (Å²) in [4.78, 5) is 0. The molecule has 0 fully saturated rings. The van der Waals surface area contributed by atoms with Crippen LogP contribution in [0.5, 0.6) is 0 Å². The Hall–Kier alpha value is -0.310. The van der Waals surface area contributed by atoms with Gasteiger partial charge in [-0.2, -0.15) is 0 Å². The number of alkyl halides is 1. The molecule has 1 aromatic rings. The van der Waals surface area contributed by atoms with E-state index < -0.39 is 0 Å². The molecule has 0 spiro atoms. The molecule has 2 atom stereocenters. The minimum atomic E-state index is 0.650. The van der Waals surface area contributed by atoms with Gasteiger partial charge >= 0.3 is 0 Å². The van der Waals surface area contributed by atoms with Gasteiger partial charge in [0.15, 0.2) is 0 Å². The van der Waals surface area contributed by atoms with Crippen molar-refractivity contribution in [1.82, 2.24) is 0 Å². The average Bonchev–Trinajstić information content (AvgIpc) is 2.19. The molecule has 1 aromatic carbocycles. The van der Waals surface area contributed by atoms with E-state index in [-0.39, 0.29) is 0 Å². The van der Waals surface area contributed by atoms with Gasteiger partial charge in [0.1, 0.15) is 0 Å². The molecular formula is C12H13I. The highest BCUT2D eigenvalue weighted by Crippen LogP contribution is 2.31. The van der Waals surface area contributed by atoms with E-state index in [0.717, 1.165) is 3.92 Å². The maximum Gasteiger partial charge on any atom is 0.0153 e. The van der Waals surface area contributed by atoms with Crippen molar-refractivity contribution in [3.8, 4) is 0 Å². The third-order valence-corrected chi connectivity index (χ3v) is 3.51. The van der Waals surface area contributed by atoms with Crippen molar-refractivity contribution in [1.29, 1.82) is 0 Å². The minimum Gasteiger partial charge on any atom is -0.0869 e. The fraction of sp³-hybridized carbons (Fsp3) is 0.333. The number of allylic oxidation sites excluding steroid dienone is 2. The Morgan fingerprint density at radius 2 is 1.92 bits per heavy atom. The van der Waals surface area contributed by atoms with Gasteiger partial charge in [-0.3, -0.25) is 0 Å². The van der Waals surface area contributed by atoms with Crippen LogP contribution < -0.4 is 0 Å². The predicted octanol–water partition coefficient (Wildman–Crippen LogP) is 3.92. The summed E-state index contributed by atoms with van der Waals surface area (Å²) in [5.74, 6) is 0.650. The first kappa shape index (κ1) is 9.25. The van der Waals surface area contributed by atoms with Crippen LogP contribution in [0.4, 0.5) is 0 Å². The van der Waals surface area contributed by atoms with Crippen LogP contribution in [0.2, 0.25) is 0 Å². The van der Waals surface area contributed by atoms with Gasteiger partial charge in [-0.05, 0) is 18.4 Å². The van der Waals surface area contributed by atoms with Gasteiger partial charge in [-0.15, -0.1) is 0 Å². The highest BCUT2D eigenvalue weighted by Gasteiger charge is 2.16. The zero-order valence-corrected chi connectivity index (χ0v) is 9.65. The first-order valence-corrected chi connectivity index (χ1v) is 5.96. The molecule has 0 N–H and O–H groups in total. The van der Waals surface area contributed by atoms with Crippen LogP contribution in [0.25, 0.3) is 0 Å². The Labute approximate surface area is 93.2 Å². The third-order valence-electron chi connectivity index (χ3n) is 2.50. The lowest BCUT2D eigenvalue weighted by Crippen LogP contribution is -2.08. The number of hydrogen-bond acceptors (Lipinski definition) is 0. The summed E-state index contributed by atoms with van der Waals surface area (Å²) >= 11 is 2.55. The zero-order valence-electron chi connectivity index (χ0n) is 7.49. The van der Waals surface area contributed by atoms with Crippen LogP contribution in [0.15, 0.2) is 42.5 Å². The van der Waals surface area contributed by atoms with Crippen molar-refractivity contribution in [2.75, 3.05) is 0 Å². The number of halogens is 1. The molecule has 1 aliphatic rings. The predicted molar refractivity (Wildman–Crippen MR) is 65.4 cm³/mol. The van der Waals surface area contributed by atoms with E-state index in [2.05, 4.69) is 65.1 Å². The summed E-state index contributed by atoms with van der Waals surface area (Å²) in [5.41, 5.74) is 1.46. The second-order valence-electron chi connectivity index (χ2n) is 3.51. The first-order valence-electron chi connectivity index (χ1n) is 4.72. The molecule has 0 saturated heterocycles. The molecule has 0 bridgehead atoms. The van der Waals surface area contributed by atoms with Crippen molar-refractivity contribution >= 4 is 22.6 Å². The van der Waals surface area contributed by atoms with Gasteiger partial charge in [0.05, 0.1) is 0 Å². The Kier molecular flexibility index (Phi) is 3.04. The van der Waals surface area contributed by atoms with E-state index in [1.54, 1.807) is 0 Å². The van der Waals surface area contributed by atoms with Crippen molar-refractivity contribution in [3.63, 3.8) is 0 Å². The van der Waals surface area contributed by atoms with E-state index in [0.29, 0.717) is 5.92 Å². The van der Waals surface area contributed by atoms with E-state index in [4.69, 9.17) is 0 Å². The Morgan fingerprint density at radius 3 is 2.62 bits per heavy atom. The van der Waals surface area contributed by atoms with Crippen molar-refractivity contribution in [2.24, 2.45) is 0 Å². The fourth-order valence-electron chi connectivity index (χ4n) is 1.79. The lowest BCUT2D eigenvalue weighted by atomic mass is 9.89. The molecule has 0 saturated carbocycles. The number of benzene rings is 1. The topological polar surface area (TPSA) is 0 Å². The molecule has 68 valence electrons. The number of hydrogen-bond donors (Lipinski definition) is 0. The summed E-state index contributed by atoms with van der Waals surface area (Å²) in [5, 5.41) is 0. The summed E-state index contributed by atoms with van der Waals surface area (Å²) in [6.07, 6.45) is 7.20. The van der Waals surface area contributed by atoms with Gasteiger partial charge in [0, 0.05) is 9.84 Å². The van der Waals surface area contributed by atoms with E-state index in [1.807, 2.05) is 0 Å². The molecule has 0 heterocycles. The lowest BCUT2D eigenvalue weighted by molar-refractivity contribution is 0.686. The maximum atomic E-state index is 2.55. The molecule has 0 radical (unpaired) electrons. The summed E-state index contributed by atoms with van der Waals surface area (Å²) in [6, 6.07) is 10.8. The lowest BCUT2D eigenvalue weighted by Gasteiger charge is -2.20. The minimum absolute atomic E-state index is 0.650. The summed E-state index contributed by atoms with van der Waals surface area (Å²) < 4.78 is 0.813. The number of rotatable bonds is 1. The molecule has 0 nitrogen and oxygen atoms in total. The summed E-state index contributed by atoms with van der Waals surface area (Å²) in [6.45, 7) is 0. The van der Waals surface area contributed by atoms with Gasteiger partial charge in [-0.1, -0.05) is 65.1 Å². The normalized spacial score (nSPS) is 27.5. The maximum absolute atomic E-state index is 2.55. The van der Waals surface area contributed by atoms with Crippen molar-refractivity contribution in [2.45, 2.75) is 22.7 Å². The fourth-order valence-corrected chi connectivity index (χ4v) is 2.63. The van der Waals surface area contributed by atoms with Crippen LogP contribution in [0.1, 0.15) is 24.3 Å². The molecule has 2 rings (SSSR count). The van der Waals surface area contributed by atoms with Gasteiger partial charge in [0.2, 0.25) is 0 Å². The molecule has 1 unspecified atom stereocenters. The average molecular weight is 284 g/mol. The molecule has 0 aliphatic heterocycles. The molecular weight excluding hydrogens is 271 g/mol. The summed E-state index contributed by atoms with van der Waals surface area (Å²) in [7, 11) is 0. The molecule has 1 heteroatoms. The van der Waals surface area contributed by atoms with Gasteiger partial charge in [0.25, 0.3) is 0 Å². The third kappa shape index (κ3) is 2.33. The quantitative estimate of drug-likeness (QED) is 0.416. The smallest absolute Gasteiger partial charge is 0.0153 e. The van der Waals surface area contributed by atoms with E-state index >= 15 is 0 Å². The van der Waals surface area contributed by atoms with Crippen molar-refractivity contribution < 1.29 is 0 Å². The molecule has 1 aliphatic carbocycles. The SMILES string of the molecule is I[C@@H]1CC=CC(c2ccccc2)C1. The molecule has 13 heavy (non-hydrogen) atoms. The van der Waals surface area contributed by atoms with Crippen LogP contribution in [0.3, 0.4) is 0 Å². The monoisotopic (exact) mass is 284 g/mol. The second kappa shape index (κ2) is 4.27. The Balaban J connectivity index is 2.18. The Bertz CT molecular complexity index is 289.